The SMILES string of the molecule is CC(=O)c1cccc(S(=O)(=O)N2CCC(Cn3c(COc4ccccc4)nc4ccccc43)CC2)c1. The molecular formula is C28H29N3O4S. The molecule has 2 heterocycles. The van der Waals surface area contributed by atoms with Crippen LogP contribution in [0.1, 0.15) is 35.9 Å². The maximum absolute atomic E-state index is 13.2. The lowest BCUT2D eigenvalue weighted by molar-refractivity contribution is 0.101. The number of sulfonamides is 1. The normalized spacial score (nSPS) is 15.2. The first-order valence-electron chi connectivity index (χ1n) is 12.1. The summed E-state index contributed by atoms with van der Waals surface area (Å²) in [5, 5.41) is 0. The van der Waals surface area contributed by atoms with Crippen LogP contribution in [0.2, 0.25) is 0 Å². The summed E-state index contributed by atoms with van der Waals surface area (Å²) < 4.78 is 36.2. The van der Waals surface area contributed by atoms with E-state index in [1.807, 2.05) is 48.5 Å². The van der Waals surface area contributed by atoms with Crippen LogP contribution in [0.5, 0.6) is 5.75 Å². The maximum Gasteiger partial charge on any atom is 0.243 e. The van der Waals surface area contributed by atoms with E-state index < -0.39 is 10.0 Å². The molecule has 0 saturated carbocycles. The number of nitrogens with zero attached hydrogens (tertiary/aromatic N) is 3. The van der Waals surface area contributed by atoms with Crippen LogP contribution in [0.25, 0.3) is 11.0 Å². The molecule has 7 nitrogen and oxygen atoms in total. The van der Waals surface area contributed by atoms with Crippen LogP contribution in [0.4, 0.5) is 0 Å². The molecular weight excluding hydrogens is 474 g/mol. The molecule has 0 atom stereocenters. The second-order valence-corrected chi connectivity index (χ2v) is 11.1. The molecule has 1 aliphatic rings. The van der Waals surface area contributed by atoms with Gasteiger partial charge in [-0.3, -0.25) is 4.79 Å². The Morgan fingerprint density at radius 3 is 2.44 bits per heavy atom. The largest absolute Gasteiger partial charge is 0.486 e. The molecule has 1 aliphatic heterocycles. The predicted octanol–water partition coefficient (Wildman–Crippen LogP) is 4.92. The Bertz CT molecular complexity index is 1470. The summed E-state index contributed by atoms with van der Waals surface area (Å²) in [5.41, 5.74) is 2.39. The highest BCUT2D eigenvalue weighted by molar-refractivity contribution is 7.89. The minimum absolute atomic E-state index is 0.148. The van der Waals surface area contributed by atoms with Gasteiger partial charge in [0, 0.05) is 25.2 Å². The first-order chi connectivity index (χ1) is 17.4. The van der Waals surface area contributed by atoms with E-state index in [9.17, 15) is 13.2 Å². The van der Waals surface area contributed by atoms with Crippen LogP contribution in [-0.4, -0.2) is 41.1 Å². The van der Waals surface area contributed by atoms with E-state index in [1.165, 1.54) is 17.3 Å². The summed E-state index contributed by atoms with van der Waals surface area (Å²) >= 11 is 0. The van der Waals surface area contributed by atoms with E-state index in [1.54, 1.807) is 18.2 Å². The minimum atomic E-state index is -3.64. The number of aromatic nitrogens is 2. The van der Waals surface area contributed by atoms with Crippen molar-refractivity contribution < 1.29 is 17.9 Å². The van der Waals surface area contributed by atoms with Crippen molar-refractivity contribution in [3.8, 4) is 5.75 Å². The summed E-state index contributed by atoms with van der Waals surface area (Å²) in [5.74, 6) is 1.82. The third-order valence-electron chi connectivity index (χ3n) is 6.74. The van der Waals surface area contributed by atoms with Gasteiger partial charge in [-0.2, -0.15) is 4.31 Å². The Morgan fingerprint density at radius 2 is 1.69 bits per heavy atom. The highest BCUT2D eigenvalue weighted by Gasteiger charge is 2.30. The third kappa shape index (κ3) is 5.05. The number of hydrogen-bond acceptors (Lipinski definition) is 5. The average molecular weight is 504 g/mol. The van der Waals surface area contributed by atoms with Crippen molar-refractivity contribution in [1.82, 2.24) is 13.9 Å². The fourth-order valence-corrected chi connectivity index (χ4v) is 6.24. The first-order valence-corrected chi connectivity index (χ1v) is 13.6. The van der Waals surface area contributed by atoms with Crippen molar-refractivity contribution >= 4 is 26.8 Å². The third-order valence-corrected chi connectivity index (χ3v) is 8.63. The number of rotatable bonds is 8. The fourth-order valence-electron chi connectivity index (χ4n) is 4.72. The zero-order valence-electron chi connectivity index (χ0n) is 20.2. The van der Waals surface area contributed by atoms with E-state index >= 15 is 0 Å². The van der Waals surface area contributed by atoms with Gasteiger partial charge < -0.3 is 9.30 Å². The van der Waals surface area contributed by atoms with Gasteiger partial charge in [-0.15, -0.1) is 0 Å². The predicted molar refractivity (Wildman–Crippen MR) is 138 cm³/mol. The number of carbonyl (C=O) groups excluding carboxylic acids is 1. The highest BCUT2D eigenvalue weighted by atomic mass is 32.2. The van der Waals surface area contributed by atoms with Gasteiger partial charge in [-0.05, 0) is 62.1 Å². The van der Waals surface area contributed by atoms with Crippen LogP contribution >= 0.6 is 0 Å². The standard InChI is InChI=1S/C28H29N3O4S/c1-21(32)23-8-7-11-25(18-23)36(33,34)30-16-14-22(15-17-30)19-31-27-13-6-5-12-26(27)29-28(31)20-35-24-9-3-2-4-10-24/h2-13,18,22H,14-17,19-20H2,1H3. The smallest absolute Gasteiger partial charge is 0.243 e. The number of ketones is 1. The summed E-state index contributed by atoms with van der Waals surface area (Å²) in [6, 6.07) is 24.0. The highest BCUT2D eigenvalue weighted by Crippen LogP contribution is 2.28. The summed E-state index contributed by atoms with van der Waals surface area (Å²) in [6.45, 7) is 3.44. The van der Waals surface area contributed by atoms with Crippen molar-refractivity contribution in [3.63, 3.8) is 0 Å². The van der Waals surface area contributed by atoms with Gasteiger partial charge in [0.1, 0.15) is 18.2 Å². The van der Waals surface area contributed by atoms with E-state index in [4.69, 9.17) is 9.72 Å². The van der Waals surface area contributed by atoms with Gasteiger partial charge in [-0.25, -0.2) is 13.4 Å². The molecule has 4 aromatic rings. The van der Waals surface area contributed by atoms with Crippen LogP contribution in [-0.2, 0) is 23.2 Å². The van der Waals surface area contributed by atoms with Crippen molar-refractivity contribution in [2.75, 3.05) is 13.1 Å². The molecule has 0 unspecified atom stereocenters. The molecule has 1 saturated heterocycles. The van der Waals surface area contributed by atoms with Gasteiger partial charge in [-0.1, -0.05) is 42.5 Å². The lowest BCUT2D eigenvalue weighted by atomic mass is 9.98. The van der Waals surface area contributed by atoms with E-state index in [-0.39, 0.29) is 10.7 Å². The van der Waals surface area contributed by atoms with E-state index in [0.29, 0.717) is 31.2 Å². The zero-order chi connectivity index (χ0) is 25.1. The van der Waals surface area contributed by atoms with Crippen molar-refractivity contribution in [2.45, 2.75) is 37.8 Å². The average Bonchev–Trinajstić information content (AvgIpc) is 3.25. The van der Waals surface area contributed by atoms with Gasteiger partial charge in [0.25, 0.3) is 0 Å². The molecule has 0 aliphatic carbocycles. The summed E-state index contributed by atoms with van der Waals surface area (Å²) in [4.78, 5) is 16.7. The lowest BCUT2D eigenvalue weighted by Gasteiger charge is -2.31. The monoisotopic (exact) mass is 503 g/mol. The molecule has 8 heteroatoms. The lowest BCUT2D eigenvalue weighted by Crippen LogP contribution is -2.39. The maximum atomic E-state index is 13.2. The quantitative estimate of drug-likeness (QED) is 0.319. The number of imidazole rings is 1. The van der Waals surface area contributed by atoms with Gasteiger partial charge >= 0.3 is 0 Å². The zero-order valence-corrected chi connectivity index (χ0v) is 21.0. The molecule has 0 N–H and O–H groups in total. The summed E-state index contributed by atoms with van der Waals surface area (Å²) in [7, 11) is -3.64. The van der Waals surface area contributed by atoms with Gasteiger partial charge in [0.05, 0.1) is 15.9 Å². The van der Waals surface area contributed by atoms with Crippen molar-refractivity contribution in [1.29, 1.82) is 0 Å². The molecule has 36 heavy (non-hydrogen) atoms. The Morgan fingerprint density at radius 1 is 0.972 bits per heavy atom. The van der Waals surface area contributed by atoms with Crippen molar-refractivity contribution in [2.24, 2.45) is 5.92 Å². The molecule has 0 amide bonds. The molecule has 1 aromatic heterocycles. The Balaban J connectivity index is 1.30. The number of ether oxygens (including phenoxy) is 1. The number of Topliss-reactive ketones (excluding diaryl/α,β-unsaturated/α-hetero) is 1. The molecule has 0 radical (unpaired) electrons. The molecule has 1 fully saturated rings. The topological polar surface area (TPSA) is 81.5 Å². The second-order valence-electron chi connectivity index (χ2n) is 9.16. The van der Waals surface area contributed by atoms with Crippen LogP contribution in [0, 0.1) is 5.92 Å². The first kappa shape index (κ1) is 24.2. The number of carbonyl (C=O) groups is 1. The molecule has 3 aromatic carbocycles. The molecule has 186 valence electrons. The van der Waals surface area contributed by atoms with Gasteiger partial charge in [0.15, 0.2) is 5.78 Å². The minimum Gasteiger partial charge on any atom is -0.486 e. The second kappa shape index (κ2) is 10.2. The number of para-hydroxylation sites is 3. The van der Waals surface area contributed by atoms with Crippen molar-refractivity contribution in [3.05, 3.63) is 90.3 Å². The number of hydrogen-bond donors (Lipinski definition) is 0. The number of benzene rings is 3. The van der Waals surface area contributed by atoms with Gasteiger partial charge in [0.2, 0.25) is 10.0 Å². The molecule has 5 rings (SSSR count). The Kier molecular flexibility index (Phi) is 6.89. The molecule has 0 spiro atoms. The van der Waals surface area contributed by atoms with Crippen LogP contribution in [0.15, 0.2) is 83.8 Å². The van der Waals surface area contributed by atoms with Crippen LogP contribution in [0.3, 0.4) is 0 Å². The van der Waals surface area contributed by atoms with E-state index in [0.717, 1.165) is 42.0 Å². The Hall–Kier alpha value is -3.49. The summed E-state index contributed by atoms with van der Waals surface area (Å²) in [6.07, 6.45) is 1.49. The molecule has 0 bridgehead atoms. The van der Waals surface area contributed by atoms with Crippen LogP contribution < -0.4 is 4.74 Å². The fraction of sp³-hybridized carbons (Fsp3) is 0.286. The Labute approximate surface area is 211 Å². The van der Waals surface area contributed by atoms with E-state index in [2.05, 4.69) is 10.6 Å². The number of piperidine rings is 1. The number of fused-ring (bicyclic) bond motifs is 1.